The second kappa shape index (κ2) is 7.48. The van der Waals surface area contributed by atoms with Gasteiger partial charge in [-0.2, -0.15) is 0 Å². The Balaban J connectivity index is 2.64. The minimum absolute atomic E-state index is 0.308. The minimum Gasteiger partial charge on any atom is -0.210 e. The third kappa shape index (κ3) is 4.53. The van der Waals surface area contributed by atoms with Crippen LogP contribution in [-0.2, 0) is 16.4 Å². The molecule has 0 spiro atoms. The van der Waals surface area contributed by atoms with E-state index in [0.29, 0.717) is 22.6 Å². The summed E-state index contributed by atoms with van der Waals surface area (Å²) in [7, 11) is -3.35. The average Bonchev–Trinajstić information content (AvgIpc) is 2.84. The monoisotopic (exact) mass is 309 g/mol. The molecule has 3 nitrogen and oxygen atoms in total. The summed E-state index contributed by atoms with van der Waals surface area (Å²) in [6.45, 7) is 4.53. The van der Waals surface area contributed by atoms with E-state index in [-0.39, 0.29) is 0 Å². The number of halogens is 1. The fraction of sp³-hybridized carbons (Fsp3) is 0.667. The molecular formula is C12H20ClNO2S2. The fourth-order valence-electron chi connectivity index (χ4n) is 1.60. The molecule has 0 aliphatic carbocycles. The van der Waals surface area contributed by atoms with Crippen molar-refractivity contribution in [1.82, 2.24) is 4.72 Å². The SMILES string of the molecule is CCc1ccc(S(=O)(=O)NCC(CC)CCCl)s1. The maximum atomic E-state index is 12.1. The molecule has 0 amide bonds. The molecule has 18 heavy (non-hydrogen) atoms. The van der Waals surface area contributed by atoms with E-state index in [4.69, 9.17) is 11.6 Å². The molecule has 0 aliphatic heterocycles. The number of alkyl halides is 1. The van der Waals surface area contributed by atoms with Crippen molar-refractivity contribution in [3.05, 3.63) is 17.0 Å². The quantitative estimate of drug-likeness (QED) is 0.749. The topological polar surface area (TPSA) is 46.2 Å². The van der Waals surface area contributed by atoms with Gasteiger partial charge in [0.2, 0.25) is 10.0 Å². The average molecular weight is 310 g/mol. The zero-order chi connectivity index (χ0) is 13.6. The summed E-state index contributed by atoms with van der Waals surface area (Å²) in [6.07, 6.45) is 2.63. The normalized spacial score (nSPS) is 13.7. The van der Waals surface area contributed by atoms with E-state index in [0.717, 1.165) is 24.1 Å². The first-order valence-corrected chi connectivity index (χ1v) is 9.01. The molecule has 1 heterocycles. The Kier molecular flexibility index (Phi) is 6.63. The Labute approximate surface area is 119 Å². The van der Waals surface area contributed by atoms with E-state index in [1.807, 2.05) is 19.9 Å². The van der Waals surface area contributed by atoms with Crippen LogP contribution in [0.15, 0.2) is 16.3 Å². The van der Waals surface area contributed by atoms with Gasteiger partial charge in [0.1, 0.15) is 4.21 Å². The lowest BCUT2D eigenvalue weighted by molar-refractivity contribution is 0.481. The third-order valence-corrected chi connectivity index (χ3v) is 6.27. The maximum Gasteiger partial charge on any atom is 0.250 e. The summed E-state index contributed by atoms with van der Waals surface area (Å²) in [6, 6.07) is 3.55. The molecular weight excluding hydrogens is 290 g/mol. The van der Waals surface area contributed by atoms with E-state index >= 15 is 0 Å². The van der Waals surface area contributed by atoms with Gasteiger partial charge in [0, 0.05) is 17.3 Å². The first kappa shape index (κ1) is 16.0. The summed E-state index contributed by atoms with van der Waals surface area (Å²) in [5, 5.41) is 0. The highest BCUT2D eigenvalue weighted by molar-refractivity contribution is 7.91. The van der Waals surface area contributed by atoms with Crippen LogP contribution in [0, 0.1) is 5.92 Å². The van der Waals surface area contributed by atoms with Gasteiger partial charge < -0.3 is 0 Å². The summed E-state index contributed by atoms with van der Waals surface area (Å²) in [5.74, 6) is 0.877. The van der Waals surface area contributed by atoms with Crippen molar-refractivity contribution in [3.8, 4) is 0 Å². The lowest BCUT2D eigenvalue weighted by atomic mass is 10.0. The third-order valence-electron chi connectivity index (χ3n) is 2.91. The fourth-order valence-corrected chi connectivity index (χ4v) is 4.36. The largest absolute Gasteiger partial charge is 0.250 e. The van der Waals surface area contributed by atoms with Gasteiger partial charge >= 0.3 is 0 Å². The molecule has 104 valence electrons. The molecule has 0 saturated carbocycles. The number of hydrogen-bond acceptors (Lipinski definition) is 3. The molecule has 1 rings (SSSR count). The van der Waals surface area contributed by atoms with Gasteiger partial charge in [0.15, 0.2) is 0 Å². The van der Waals surface area contributed by atoms with E-state index in [1.54, 1.807) is 6.07 Å². The number of rotatable bonds is 8. The summed E-state index contributed by atoms with van der Waals surface area (Å²) in [5.41, 5.74) is 0. The standard InChI is InChI=1S/C12H20ClNO2S2/c1-3-10(7-8-13)9-14-18(15,16)12-6-5-11(4-2)17-12/h5-6,10,14H,3-4,7-9H2,1-2H3. The van der Waals surface area contributed by atoms with Crippen LogP contribution in [-0.4, -0.2) is 20.8 Å². The number of thiophene rings is 1. The second-order valence-corrected chi connectivity index (χ2v) is 7.72. The van der Waals surface area contributed by atoms with E-state index in [1.165, 1.54) is 11.3 Å². The van der Waals surface area contributed by atoms with E-state index in [9.17, 15) is 8.42 Å². The smallest absolute Gasteiger partial charge is 0.210 e. The van der Waals surface area contributed by atoms with Crippen molar-refractivity contribution in [1.29, 1.82) is 0 Å². The van der Waals surface area contributed by atoms with Gasteiger partial charge in [-0.05, 0) is 30.9 Å². The van der Waals surface area contributed by atoms with Crippen LogP contribution in [0.4, 0.5) is 0 Å². The lowest BCUT2D eigenvalue weighted by Gasteiger charge is -2.13. The highest BCUT2D eigenvalue weighted by Crippen LogP contribution is 2.22. The Morgan fingerprint density at radius 2 is 2.11 bits per heavy atom. The first-order chi connectivity index (χ1) is 8.53. The molecule has 0 aliphatic rings. The van der Waals surface area contributed by atoms with Gasteiger partial charge in [0.25, 0.3) is 0 Å². The minimum atomic E-state index is -3.35. The Morgan fingerprint density at radius 3 is 2.61 bits per heavy atom. The van der Waals surface area contributed by atoms with Gasteiger partial charge in [-0.25, -0.2) is 13.1 Å². The van der Waals surface area contributed by atoms with Crippen molar-refractivity contribution >= 4 is 33.0 Å². The van der Waals surface area contributed by atoms with Crippen molar-refractivity contribution < 1.29 is 8.42 Å². The van der Waals surface area contributed by atoms with Gasteiger partial charge in [-0.3, -0.25) is 0 Å². The predicted octanol–water partition coefficient (Wildman–Crippen LogP) is 3.24. The maximum absolute atomic E-state index is 12.1. The zero-order valence-electron chi connectivity index (χ0n) is 10.8. The van der Waals surface area contributed by atoms with Gasteiger partial charge in [-0.1, -0.05) is 20.3 Å². The van der Waals surface area contributed by atoms with Crippen molar-refractivity contribution in [3.63, 3.8) is 0 Å². The van der Waals surface area contributed by atoms with Crippen LogP contribution in [0.5, 0.6) is 0 Å². The molecule has 1 N–H and O–H groups in total. The van der Waals surface area contributed by atoms with Gasteiger partial charge in [-0.15, -0.1) is 22.9 Å². The van der Waals surface area contributed by atoms with Crippen molar-refractivity contribution in [2.24, 2.45) is 5.92 Å². The summed E-state index contributed by atoms with van der Waals surface area (Å²) >= 11 is 7.02. The number of sulfonamides is 1. The van der Waals surface area contributed by atoms with Crippen molar-refractivity contribution in [2.75, 3.05) is 12.4 Å². The number of nitrogens with one attached hydrogen (secondary N) is 1. The summed E-state index contributed by atoms with van der Waals surface area (Å²) in [4.78, 5) is 1.09. The molecule has 1 unspecified atom stereocenters. The lowest BCUT2D eigenvalue weighted by Crippen LogP contribution is -2.29. The van der Waals surface area contributed by atoms with Crippen LogP contribution in [0.2, 0.25) is 0 Å². The van der Waals surface area contributed by atoms with Crippen LogP contribution in [0.25, 0.3) is 0 Å². The molecule has 6 heteroatoms. The van der Waals surface area contributed by atoms with Crippen LogP contribution >= 0.6 is 22.9 Å². The highest BCUT2D eigenvalue weighted by Gasteiger charge is 2.18. The Bertz CT molecular complexity index is 456. The Hall–Kier alpha value is -0.100. The van der Waals surface area contributed by atoms with Crippen LogP contribution < -0.4 is 4.72 Å². The number of hydrogen-bond donors (Lipinski definition) is 1. The molecule has 0 radical (unpaired) electrons. The van der Waals surface area contributed by atoms with Crippen molar-refractivity contribution in [2.45, 2.75) is 37.3 Å². The molecule has 0 bridgehead atoms. The molecule has 1 aromatic rings. The van der Waals surface area contributed by atoms with Crippen LogP contribution in [0.3, 0.4) is 0 Å². The highest BCUT2D eigenvalue weighted by atomic mass is 35.5. The van der Waals surface area contributed by atoms with Gasteiger partial charge in [0.05, 0.1) is 0 Å². The number of aryl methyl sites for hydroxylation is 1. The molecule has 1 aromatic heterocycles. The molecule has 0 fully saturated rings. The van der Waals surface area contributed by atoms with E-state index in [2.05, 4.69) is 4.72 Å². The van der Waals surface area contributed by atoms with E-state index < -0.39 is 10.0 Å². The first-order valence-electron chi connectivity index (χ1n) is 6.17. The summed E-state index contributed by atoms with van der Waals surface area (Å²) < 4.78 is 27.2. The molecule has 0 aromatic carbocycles. The molecule has 0 saturated heterocycles. The molecule has 1 atom stereocenters. The Morgan fingerprint density at radius 1 is 1.39 bits per heavy atom. The van der Waals surface area contributed by atoms with Crippen LogP contribution in [0.1, 0.15) is 31.6 Å². The predicted molar refractivity (Wildman–Crippen MR) is 78.0 cm³/mol. The second-order valence-electron chi connectivity index (χ2n) is 4.18. The zero-order valence-corrected chi connectivity index (χ0v) is 13.2.